The molecular weight excluding hydrogens is 1760 g/mol. The van der Waals surface area contributed by atoms with Crippen LogP contribution in [0, 0.1) is 17.2 Å². The number of thioether (sulfide) groups is 1. The third kappa shape index (κ3) is 29.4. The first-order chi connectivity index (χ1) is 64.4. The van der Waals surface area contributed by atoms with Crippen molar-refractivity contribution in [1.29, 1.82) is 5.41 Å². The van der Waals surface area contributed by atoms with Crippen LogP contribution in [0.5, 0.6) is 0 Å². The minimum Gasteiger partial charge on any atom is -0.394 e. The van der Waals surface area contributed by atoms with Gasteiger partial charge >= 0.3 is 0 Å². The molecule has 0 aliphatic carbocycles. The molecule has 135 heavy (non-hydrogen) atoms. The van der Waals surface area contributed by atoms with Crippen LogP contribution in [0.4, 0.5) is 0 Å². The van der Waals surface area contributed by atoms with E-state index in [-0.39, 0.29) is 89.6 Å². The molecule has 0 bridgehead atoms. The molecule has 2 aliphatic heterocycles. The zero-order chi connectivity index (χ0) is 98.4. The van der Waals surface area contributed by atoms with Gasteiger partial charge in [0.15, 0.2) is 11.7 Å². The van der Waals surface area contributed by atoms with Gasteiger partial charge in [0, 0.05) is 142 Å². The van der Waals surface area contributed by atoms with E-state index in [0.29, 0.717) is 80.8 Å². The van der Waals surface area contributed by atoms with Crippen molar-refractivity contribution in [3.05, 3.63) is 126 Å². The molecule has 0 radical (unpaired) electrons. The Kier molecular flexibility index (Phi) is 39.2. The van der Waals surface area contributed by atoms with Gasteiger partial charge in [-0.15, -0.1) is 11.8 Å². The van der Waals surface area contributed by atoms with Crippen LogP contribution >= 0.6 is 11.8 Å². The minimum atomic E-state index is -1.81. The largest absolute Gasteiger partial charge is 0.394 e. The second kappa shape index (κ2) is 50.4. The summed E-state index contributed by atoms with van der Waals surface area (Å²) in [6, 6.07) is 3.11. The van der Waals surface area contributed by atoms with E-state index in [0.717, 1.165) is 31.4 Å². The first-order valence-electron chi connectivity index (χ1n) is 45.4. The van der Waals surface area contributed by atoms with Crippen molar-refractivity contribution < 1.29 is 86.6 Å². The Morgan fingerprint density at radius 2 is 1.12 bits per heavy atom. The molecule has 730 valence electrons. The Bertz CT molecular complexity index is 5390. The van der Waals surface area contributed by atoms with Gasteiger partial charge in [-0.3, -0.25) is 86.9 Å². The van der Waals surface area contributed by atoms with Gasteiger partial charge < -0.3 is 120 Å². The second-order valence-corrected chi connectivity index (χ2v) is 35.9. The van der Waals surface area contributed by atoms with Crippen molar-refractivity contribution in [3.8, 4) is 0 Å². The van der Waals surface area contributed by atoms with Crippen molar-refractivity contribution in [2.24, 2.45) is 29.0 Å². The van der Waals surface area contributed by atoms with Crippen LogP contribution in [0.15, 0.2) is 104 Å². The predicted octanol–water partition coefficient (Wildman–Crippen LogP) is -0.566. The molecule has 3 aromatic carbocycles. The number of para-hydroxylation sites is 2. The number of nitrogens with one attached hydrogen (secondary N) is 15. The summed E-state index contributed by atoms with van der Waals surface area (Å²) in [6.45, 7) is 6.10. The molecule has 2 fully saturated rings. The molecule has 2 saturated heterocycles. The smallest absolute Gasteiger partial charge is 0.246 e. The summed E-state index contributed by atoms with van der Waals surface area (Å²) in [5.41, 5.74) is 20.9. The van der Waals surface area contributed by atoms with E-state index in [1.807, 2.05) is 13.8 Å². The molecule has 22 N–H and O–H groups in total. The van der Waals surface area contributed by atoms with Crippen LogP contribution in [-0.2, 0) is 107 Å². The molecule has 0 spiro atoms. The summed E-state index contributed by atoms with van der Waals surface area (Å²) < 4.78 is 0. The number of likely N-dealkylation sites (N-methyl/N-ethyl adjacent to an activating group) is 4. The highest BCUT2D eigenvalue weighted by Crippen LogP contribution is 2.28. The van der Waals surface area contributed by atoms with Crippen molar-refractivity contribution in [1.82, 2.24) is 103 Å². The van der Waals surface area contributed by atoms with Gasteiger partial charge in [-0.1, -0.05) is 102 Å². The fourth-order valence-corrected chi connectivity index (χ4v) is 17.6. The quantitative estimate of drug-likeness (QED) is 0.0183. The number of aromatic nitrogens is 5. The average molecular weight is 1890 g/mol. The van der Waals surface area contributed by atoms with Gasteiger partial charge in [-0.25, -0.2) is 4.98 Å². The number of carbonyl (C=O) groups is 17. The lowest BCUT2D eigenvalue weighted by Gasteiger charge is -2.36. The molecule has 9 rings (SSSR count). The number of hydrogen-bond acceptors (Lipinski definition) is 21. The maximum atomic E-state index is 15.7. The van der Waals surface area contributed by atoms with Crippen LogP contribution in [0.3, 0.4) is 0 Å². The number of aliphatic hydroxyl groups excluding tert-OH is 1. The molecule has 0 saturated carbocycles. The number of Topliss-reactive ketones (excluding diaryl/α,β-unsaturated/α-hetero) is 1. The number of H-pyrrole nitrogens is 4. The summed E-state index contributed by atoms with van der Waals surface area (Å²) in [6.07, 6.45) is 7.29. The number of amides is 16. The Morgan fingerprint density at radius 1 is 0.548 bits per heavy atom. The molecule has 42 nitrogen and oxygen atoms in total. The number of hydrogen-bond donors (Lipinski definition) is 19. The Balaban J connectivity index is 1.09. The first-order valence-corrected chi connectivity index (χ1v) is 46.6. The van der Waals surface area contributed by atoms with Gasteiger partial charge in [-0.2, -0.15) is 0 Å². The molecule has 6 heterocycles. The number of imidazole rings is 1. The number of fused-ring (bicyclic) bond motifs is 4. The van der Waals surface area contributed by atoms with E-state index in [9.17, 15) is 53.1 Å². The van der Waals surface area contributed by atoms with E-state index < -0.39 is 229 Å². The third-order valence-corrected chi connectivity index (χ3v) is 25.3. The molecule has 16 amide bonds. The fraction of sp³-hybridized carbons (Fsp3) is 0.511. The number of benzene rings is 3. The van der Waals surface area contributed by atoms with E-state index in [1.165, 1.54) is 52.5 Å². The predicted molar refractivity (Wildman–Crippen MR) is 503 cm³/mol. The second-order valence-electron chi connectivity index (χ2n) is 34.8. The van der Waals surface area contributed by atoms with Crippen molar-refractivity contribution in [2.75, 3.05) is 72.5 Å². The molecule has 13 atom stereocenters. The number of aromatic amines is 4. The van der Waals surface area contributed by atoms with Crippen LogP contribution in [-0.4, -0.2) is 306 Å². The molecule has 2 aliphatic rings. The number of primary amides is 2. The lowest BCUT2D eigenvalue weighted by Crippen LogP contribution is -2.61. The maximum absolute atomic E-state index is 15.7. The van der Waals surface area contributed by atoms with Crippen molar-refractivity contribution in [3.63, 3.8) is 0 Å². The van der Waals surface area contributed by atoms with Crippen LogP contribution < -0.4 is 70.4 Å². The standard InChI is InChI=1S/C92H128N24O18S/c1-10-12-28-73-85(128)105-65(27-19-32-99-92(95)96)82(125)111-72(81(124)102-45-77(94)120)48-135-49-78(121)104-68(38-53-21-18-26-62-61(53)31-33-98-62)88(131)113(7)52(5)79(122)107-70(41-76(93)119)90(133)116-34-20-30-74(116)86(129)106-66(40-57-44-97-50-103-57)83(126)108-67(35-51(3)4)87(130)112(6)46-58(118)37-54(36-55-42-100-63-24-16-14-22-59(55)63)80(123)110-71(47-117)84(127)109-69(39-56-43-101-64-25-17-15-23-60(56)64)89(132)115(9)75(29-13-11-2)91(134)114(73)8/h14-18,21-26,31,33,42-44,50-52,54,65-75,98,100-101,117H,10-13,19-20,27-30,32,34-41,45-49H2,1-9H3,(H2,93,119)(H2,94,120)(H,97,103)(H,102,124)(H,104,121)(H,105,128)(H,106,129)(H,107,122)(H,108,126)(H,109,127)(H,110,123)(H,111,125)(H4,95,96,99)/t52-,54+,65-,66-,67-,68-,69-,70-,71-,72-,73-,74-,75-/m0/s1. The number of rotatable bonds is 26. The molecule has 0 unspecified atom stereocenters. The summed E-state index contributed by atoms with van der Waals surface area (Å²) in [7, 11) is 5.31. The Labute approximate surface area is 785 Å². The first kappa shape index (κ1) is 105. The molecule has 7 aromatic rings. The summed E-state index contributed by atoms with van der Waals surface area (Å²) in [4.78, 5) is 272. The Hall–Kier alpha value is -13.7. The zero-order valence-corrected chi connectivity index (χ0v) is 78.4. The van der Waals surface area contributed by atoms with Gasteiger partial charge in [0.2, 0.25) is 94.5 Å². The fourth-order valence-electron chi connectivity index (χ4n) is 16.8. The molecule has 43 heteroatoms. The van der Waals surface area contributed by atoms with Gasteiger partial charge in [0.25, 0.3) is 0 Å². The number of ketones is 1. The number of unbranched alkanes of at least 4 members (excludes halogenated alkanes) is 2. The van der Waals surface area contributed by atoms with Crippen molar-refractivity contribution >= 4 is 151 Å². The lowest BCUT2D eigenvalue weighted by molar-refractivity contribution is -0.149. The minimum absolute atomic E-state index is 0.0000432. The SMILES string of the molecule is CCCC[C@H]1C(=O)N(C)[C@@H](CCCC)C(=O)N[C@@H](CCCNC(=N)N)C(=O)N[C@H](C(=O)NCC(N)=O)CSCC(=O)N[C@@H](Cc2cccc3[nH]ccc23)C(=O)N(C)[C@@H](C)C(=O)N[C@@H](CC(N)=O)C(=O)N2CCC[C@H]2C(=O)N[C@@H](Cc2cnc[nH]2)C(=O)N[C@@H](CC(C)C)C(=O)N(C)CC(=O)C[C@@H](Cc2c[nH]c3ccccc23)C(=O)N[C@@H](CO)C(=O)N[C@@H](Cc2c[nH]c3ccccc23)C(=O)N1C. The number of aliphatic hydroxyl groups is 1. The number of nitrogens with two attached hydrogens (primary N) is 3. The number of guanidine groups is 1. The highest BCUT2D eigenvalue weighted by Gasteiger charge is 2.44. The van der Waals surface area contributed by atoms with Gasteiger partial charge in [0.1, 0.15) is 72.5 Å². The van der Waals surface area contributed by atoms with Crippen LogP contribution in [0.25, 0.3) is 32.7 Å². The van der Waals surface area contributed by atoms with Crippen LogP contribution in [0.2, 0.25) is 0 Å². The van der Waals surface area contributed by atoms with Gasteiger partial charge in [0.05, 0.1) is 38.2 Å². The topological polar surface area (TPSA) is 625 Å². The summed E-state index contributed by atoms with van der Waals surface area (Å²) in [5.74, 6) is -18.0. The Morgan fingerprint density at radius 3 is 1.76 bits per heavy atom. The van der Waals surface area contributed by atoms with Crippen molar-refractivity contribution in [2.45, 2.75) is 216 Å². The summed E-state index contributed by atoms with van der Waals surface area (Å²) >= 11 is 0.796. The number of nitrogens with zero attached hydrogens (tertiary/aromatic N) is 6. The average Bonchev–Trinajstić information content (AvgIpc) is 1.36. The highest BCUT2D eigenvalue weighted by atomic mass is 32.2. The number of carbonyl (C=O) groups excluding carboxylic acids is 17. The van der Waals surface area contributed by atoms with E-state index in [4.69, 9.17) is 22.6 Å². The van der Waals surface area contributed by atoms with Gasteiger partial charge in [-0.05, 0) is 105 Å². The maximum Gasteiger partial charge on any atom is 0.246 e. The monoisotopic (exact) mass is 1890 g/mol. The summed E-state index contributed by atoms with van der Waals surface area (Å²) in [5, 5.41) is 47.7. The highest BCUT2D eigenvalue weighted by molar-refractivity contribution is 8.00. The zero-order valence-electron chi connectivity index (χ0n) is 77.6. The third-order valence-electron chi connectivity index (χ3n) is 24.2. The van der Waals surface area contributed by atoms with E-state index in [1.54, 1.807) is 105 Å². The molecular formula is C92H128N24O18S. The molecule has 4 aromatic heterocycles. The van der Waals surface area contributed by atoms with Crippen LogP contribution in [0.1, 0.15) is 140 Å². The van der Waals surface area contributed by atoms with E-state index in [2.05, 4.69) is 78.1 Å². The lowest BCUT2D eigenvalue weighted by atomic mass is 9.92. The van der Waals surface area contributed by atoms with E-state index >= 15 is 33.6 Å². The normalized spacial score (nSPS) is 23.4.